The van der Waals surface area contributed by atoms with E-state index in [0.29, 0.717) is 11.2 Å². The van der Waals surface area contributed by atoms with E-state index in [1.807, 2.05) is 0 Å². The second-order valence-corrected chi connectivity index (χ2v) is 6.67. The van der Waals surface area contributed by atoms with Gasteiger partial charge in [-0.2, -0.15) is 0 Å². The van der Waals surface area contributed by atoms with E-state index in [-0.39, 0.29) is 22.9 Å². The smallest absolute Gasteiger partial charge is 0.152 e. The van der Waals surface area contributed by atoms with E-state index in [1.165, 1.54) is 0 Å². The second-order valence-electron chi connectivity index (χ2n) is 4.24. The van der Waals surface area contributed by atoms with Crippen molar-refractivity contribution in [2.75, 3.05) is 0 Å². The minimum Gasteiger partial charge on any atom is -1.00 e. The fourth-order valence-corrected chi connectivity index (χ4v) is 3.58. The first-order valence-corrected chi connectivity index (χ1v) is 6.91. The molecule has 0 amide bonds. The molecule has 0 aliphatic heterocycles. The topological polar surface area (TPSA) is 0 Å². The van der Waals surface area contributed by atoms with E-state index < -0.39 is 0 Å². The molecule has 0 bridgehead atoms. The molecule has 0 N–H and O–H groups in total. The van der Waals surface area contributed by atoms with Crippen molar-refractivity contribution in [3.8, 4) is 0 Å². The van der Waals surface area contributed by atoms with Crippen LogP contribution in [-0.2, 0) is 0 Å². The van der Waals surface area contributed by atoms with Crippen LogP contribution >= 0.6 is 10.5 Å². The third-order valence-electron chi connectivity index (χ3n) is 2.28. The third-order valence-corrected chi connectivity index (χ3v) is 4.90. The van der Waals surface area contributed by atoms with Gasteiger partial charge in [-0.3, -0.25) is 0 Å². The zero-order valence-corrected chi connectivity index (χ0v) is 12.1. The van der Waals surface area contributed by atoms with Crippen LogP contribution in [0.25, 0.3) is 0 Å². The molecule has 1 unspecified atom stereocenters. The van der Waals surface area contributed by atoms with Gasteiger partial charge in [0.1, 0.15) is 10.6 Å². The van der Waals surface area contributed by atoms with Crippen LogP contribution in [0.1, 0.15) is 43.7 Å². The molecule has 0 radical (unpaired) electrons. The summed E-state index contributed by atoms with van der Waals surface area (Å²) in [5.74, 6) is 0.628. The van der Waals surface area contributed by atoms with Gasteiger partial charge in [0.25, 0.3) is 0 Å². The van der Waals surface area contributed by atoms with Crippen molar-refractivity contribution in [3.05, 3.63) is 46.7 Å². The molecule has 0 aromatic carbocycles. The van der Waals surface area contributed by atoms with Crippen LogP contribution in [0.15, 0.2) is 41.8 Å². The minimum absolute atomic E-state index is 0. The van der Waals surface area contributed by atoms with Crippen molar-refractivity contribution in [2.45, 2.75) is 38.9 Å². The molecule has 90 valence electrons. The summed E-state index contributed by atoms with van der Waals surface area (Å²) in [6, 6.07) is 12.9. The normalized spacial score (nSPS) is 11.0. The highest BCUT2D eigenvalue weighted by Crippen LogP contribution is 2.36. The van der Waals surface area contributed by atoms with Crippen LogP contribution in [0.3, 0.4) is 0 Å². The number of halogens is 1. The van der Waals surface area contributed by atoms with E-state index >= 15 is 0 Å². The number of hydrogen-bond donors (Lipinski definition) is 0. The molecule has 0 spiro atoms. The molecule has 0 aliphatic carbocycles. The van der Waals surface area contributed by atoms with Crippen molar-refractivity contribution in [3.63, 3.8) is 0 Å². The minimum atomic E-state index is 0. The third kappa shape index (κ3) is 4.54. The molecule has 0 saturated heterocycles. The molecule has 1 atom stereocenters. The Morgan fingerprint density at radius 2 is 1.44 bits per heavy atom. The molecule has 1 rings (SSSR count). The summed E-state index contributed by atoms with van der Waals surface area (Å²) in [7, 11) is 0.274. The predicted molar refractivity (Wildman–Crippen MR) is 71.0 cm³/mol. The van der Waals surface area contributed by atoms with E-state index in [9.17, 15) is 0 Å². The van der Waals surface area contributed by atoms with Crippen molar-refractivity contribution in [1.82, 2.24) is 0 Å². The Morgan fingerprint density at radius 3 is 2.00 bits per heavy atom. The van der Waals surface area contributed by atoms with Crippen molar-refractivity contribution in [1.29, 1.82) is 0 Å². The standard InChI is InChI=1S/C14H21S.ClH/c1-12(2)14-10-8-6-5-7-9-11-15(14)13(3)4;/h5-13H,1-4H3;1H/q+1;/p-1. The van der Waals surface area contributed by atoms with Crippen molar-refractivity contribution < 1.29 is 12.4 Å². The molecule has 0 aliphatic rings. The molecule has 0 saturated carbocycles. The van der Waals surface area contributed by atoms with Gasteiger partial charge in [0.05, 0.1) is 0 Å². The molecule has 16 heavy (non-hydrogen) atoms. The summed E-state index contributed by atoms with van der Waals surface area (Å²) < 4.78 is 0. The first-order chi connectivity index (χ1) is 7.13. The average molecular weight is 257 g/mol. The molecular formula is C14H21ClS. The van der Waals surface area contributed by atoms with Gasteiger partial charge in [-0.1, -0.05) is 38.1 Å². The van der Waals surface area contributed by atoms with Crippen molar-refractivity contribution >= 4 is 10.5 Å². The average Bonchev–Trinajstić information content (AvgIpc) is 2.27. The molecule has 1 aromatic heterocycles. The fourth-order valence-electron chi connectivity index (χ4n) is 1.52. The van der Waals surface area contributed by atoms with Crippen LogP contribution in [-0.4, -0.2) is 0 Å². The maximum absolute atomic E-state index is 2.35. The van der Waals surface area contributed by atoms with Crippen LogP contribution < -0.4 is 12.4 Å². The fraction of sp³-hybridized carbons (Fsp3) is 0.429. The lowest BCUT2D eigenvalue weighted by atomic mass is 10.2. The lowest BCUT2D eigenvalue weighted by Crippen LogP contribution is -3.00. The Hall–Kier alpha value is -0.530. The number of hydrogen-bond acceptors (Lipinski definition) is 0. The summed E-state index contributed by atoms with van der Waals surface area (Å²) in [5, 5.41) is 3.04. The van der Waals surface area contributed by atoms with E-state index in [4.69, 9.17) is 0 Å². The molecule has 0 fully saturated rings. The van der Waals surface area contributed by atoms with Crippen LogP contribution in [0.5, 0.6) is 0 Å². The summed E-state index contributed by atoms with van der Waals surface area (Å²) in [6.07, 6.45) is 0. The van der Waals surface area contributed by atoms with E-state index in [2.05, 4.69) is 69.5 Å². The highest BCUT2D eigenvalue weighted by molar-refractivity contribution is 7.30. The molecule has 2 heteroatoms. The summed E-state index contributed by atoms with van der Waals surface area (Å²) in [6.45, 7) is 9.16. The maximum atomic E-state index is 2.35. The van der Waals surface area contributed by atoms with Gasteiger partial charge >= 0.3 is 0 Å². The van der Waals surface area contributed by atoms with Gasteiger partial charge in [0.15, 0.2) is 4.88 Å². The summed E-state index contributed by atoms with van der Waals surface area (Å²) in [4.78, 5) is 1.56. The predicted octanol–water partition coefficient (Wildman–Crippen LogP) is 2.27. The highest BCUT2D eigenvalue weighted by Gasteiger charge is 2.15. The van der Waals surface area contributed by atoms with Gasteiger partial charge in [-0.25, -0.2) is 0 Å². The maximum Gasteiger partial charge on any atom is 0.152 e. The summed E-state index contributed by atoms with van der Waals surface area (Å²) >= 11 is 0. The molecule has 1 heterocycles. The first kappa shape index (κ1) is 15.5. The summed E-state index contributed by atoms with van der Waals surface area (Å²) in [5.41, 5.74) is 0. The monoisotopic (exact) mass is 256 g/mol. The lowest BCUT2D eigenvalue weighted by molar-refractivity contribution is -0.00000333. The lowest BCUT2D eigenvalue weighted by Gasteiger charge is -2.04. The Morgan fingerprint density at radius 1 is 0.875 bits per heavy atom. The van der Waals surface area contributed by atoms with Gasteiger partial charge in [-0.15, -0.1) is 0 Å². The zero-order valence-electron chi connectivity index (χ0n) is 10.5. The SMILES string of the molecule is CC(C)c1ccccccc[s+]1C(C)C.[Cl-]. The first-order valence-electron chi connectivity index (χ1n) is 5.56. The van der Waals surface area contributed by atoms with Gasteiger partial charge in [0.2, 0.25) is 0 Å². The van der Waals surface area contributed by atoms with Crippen molar-refractivity contribution in [2.24, 2.45) is 0 Å². The largest absolute Gasteiger partial charge is 1.00 e. The van der Waals surface area contributed by atoms with E-state index in [1.54, 1.807) is 4.88 Å². The van der Waals surface area contributed by atoms with Gasteiger partial charge in [0, 0.05) is 5.92 Å². The Kier molecular flexibility index (Phi) is 7.44. The van der Waals surface area contributed by atoms with Gasteiger partial charge < -0.3 is 12.4 Å². The second kappa shape index (κ2) is 7.70. The van der Waals surface area contributed by atoms with Crippen LogP contribution in [0, 0.1) is 0 Å². The molecular weight excluding hydrogens is 236 g/mol. The van der Waals surface area contributed by atoms with E-state index in [0.717, 1.165) is 0 Å². The van der Waals surface area contributed by atoms with Crippen LogP contribution in [0.2, 0.25) is 0 Å². The quantitative estimate of drug-likeness (QED) is 0.713. The molecule has 1 aromatic rings. The molecule has 0 nitrogen and oxygen atoms in total. The highest BCUT2D eigenvalue weighted by atomic mass is 35.5. The zero-order chi connectivity index (χ0) is 11.3. The van der Waals surface area contributed by atoms with Crippen LogP contribution in [0.4, 0.5) is 0 Å². The Bertz CT molecular complexity index is 319. The van der Waals surface area contributed by atoms with Gasteiger partial charge in [-0.05, 0) is 36.5 Å². The Balaban J connectivity index is 0.00000225. The number of rotatable bonds is 2. The Labute approximate surface area is 108 Å².